The van der Waals surface area contributed by atoms with Gasteiger partial charge in [-0.05, 0) is 24.8 Å². The van der Waals surface area contributed by atoms with Gasteiger partial charge in [0.25, 0.3) is 5.91 Å². The van der Waals surface area contributed by atoms with E-state index in [0.29, 0.717) is 18.4 Å². The Hall–Kier alpha value is -2.90. The summed E-state index contributed by atoms with van der Waals surface area (Å²) in [6.45, 7) is 1.44. The summed E-state index contributed by atoms with van der Waals surface area (Å²) in [5.74, 6) is -1.13. The fourth-order valence-electron chi connectivity index (χ4n) is 3.44. The Morgan fingerprint density at radius 2 is 1.93 bits per heavy atom. The quantitative estimate of drug-likeness (QED) is 0.651. The lowest BCUT2D eigenvalue weighted by molar-refractivity contribution is -0.140. The lowest BCUT2D eigenvalue weighted by Gasteiger charge is -2.27. The molecule has 0 aromatic heterocycles. The van der Waals surface area contributed by atoms with Gasteiger partial charge in [0.2, 0.25) is 11.8 Å². The smallest absolute Gasteiger partial charge is 0.325 e. The molecular weight excluding hydrogens is 360 g/mol. The van der Waals surface area contributed by atoms with Gasteiger partial charge in [-0.2, -0.15) is 0 Å². The van der Waals surface area contributed by atoms with Crippen molar-refractivity contribution < 1.29 is 19.2 Å². The van der Waals surface area contributed by atoms with Crippen molar-refractivity contribution in [1.82, 2.24) is 20.4 Å². The lowest BCUT2D eigenvalue weighted by atomic mass is 9.85. The zero-order valence-electron chi connectivity index (χ0n) is 16.2. The molecule has 1 saturated carbocycles. The van der Waals surface area contributed by atoms with Crippen molar-refractivity contribution in [3.05, 3.63) is 35.9 Å². The van der Waals surface area contributed by atoms with Crippen LogP contribution in [0.2, 0.25) is 0 Å². The van der Waals surface area contributed by atoms with Crippen molar-refractivity contribution >= 4 is 23.8 Å². The van der Waals surface area contributed by atoms with E-state index < -0.39 is 29.9 Å². The number of urea groups is 1. The van der Waals surface area contributed by atoms with Gasteiger partial charge in [-0.15, -0.1) is 0 Å². The van der Waals surface area contributed by atoms with Crippen LogP contribution >= 0.6 is 0 Å². The van der Waals surface area contributed by atoms with Gasteiger partial charge in [0.1, 0.15) is 12.1 Å². The number of hydrogen-bond acceptors (Lipinski definition) is 4. The molecule has 28 heavy (non-hydrogen) atoms. The van der Waals surface area contributed by atoms with E-state index >= 15 is 0 Å². The maximum Gasteiger partial charge on any atom is 0.325 e. The Morgan fingerprint density at radius 1 is 1.25 bits per heavy atom. The van der Waals surface area contributed by atoms with E-state index in [0.717, 1.165) is 17.7 Å². The topological polar surface area (TPSA) is 98.8 Å². The molecule has 150 valence electrons. The van der Waals surface area contributed by atoms with Crippen molar-refractivity contribution in [2.24, 2.45) is 0 Å². The summed E-state index contributed by atoms with van der Waals surface area (Å²) < 4.78 is 0. The van der Waals surface area contributed by atoms with Gasteiger partial charge in [-0.1, -0.05) is 43.7 Å². The van der Waals surface area contributed by atoms with Crippen LogP contribution in [0.3, 0.4) is 0 Å². The predicted molar refractivity (Wildman–Crippen MR) is 102 cm³/mol. The van der Waals surface area contributed by atoms with Crippen molar-refractivity contribution in [2.45, 2.75) is 44.2 Å². The summed E-state index contributed by atoms with van der Waals surface area (Å²) in [5.41, 5.74) is -0.461. The van der Waals surface area contributed by atoms with Crippen LogP contribution in [0.1, 0.15) is 38.2 Å². The highest BCUT2D eigenvalue weighted by atomic mass is 16.2. The molecule has 1 saturated heterocycles. The number of imide groups is 1. The average molecular weight is 386 g/mol. The number of nitrogens with zero attached hydrogens (tertiary/aromatic N) is 2. The normalized spacial score (nSPS) is 21.4. The summed E-state index contributed by atoms with van der Waals surface area (Å²) in [6.07, 6.45) is 3.05. The number of hydrogen-bond donors (Lipinski definition) is 2. The van der Waals surface area contributed by atoms with Crippen molar-refractivity contribution in [3.8, 4) is 0 Å². The standard InChI is InChI=1S/C20H26N4O4/c1-3-11-20(14-7-5-4-6-8-14)18(27)24(19(28)22-20)13-17(26)23(2)12-16(25)21-15-9-10-15/h4-8,15H,3,9-13H2,1-2H3,(H,21,25)(H,22,28)/t20-/m1/s1. The van der Waals surface area contributed by atoms with Crippen LogP contribution < -0.4 is 10.6 Å². The predicted octanol–water partition coefficient (Wildman–Crippen LogP) is 0.971. The van der Waals surface area contributed by atoms with Crippen LogP contribution in [0.25, 0.3) is 0 Å². The van der Waals surface area contributed by atoms with Crippen LogP contribution in [0.4, 0.5) is 4.79 Å². The first-order valence-corrected chi connectivity index (χ1v) is 9.60. The van der Waals surface area contributed by atoms with Gasteiger partial charge in [0.05, 0.1) is 6.54 Å². The number of benzene rings is 1. The molecule has 1 aliphatic carbocycles. The van der Waals surface area contributed by atoms with Gasteiger partial charge in [-0.25, -0.2) is 4.79 Å². The molecule has 3 rings (SSSR count). The Labute approximate surface area is 164 Å². The van der Waals surface area contributed by atoms with Gasteiger partial charge in [0.15, 0.2) is 0 Å². The van der Waals surface area contributed by atoms with E-state index in [1.165, 1.54) is 11.9 Å². The third-order valence-corrected chi connectivity index (χ3v) is 5.11. The number of amides is 5. The van der Waals surface area contributed by atoms with Gasteiger partial charge < -0.3 is 15.5 Å². The molecule has 2 fully saturated rings. The minimum absolute atomic E-state index is 0.0994. The number of rotatable bonds is 8. The molecule has 5 amide bonds. The van der Waals surface area contributed by atoms with Crippen molar-refractivity contribution in [2.75, 3.05) is 20.1 Å². The Bertz CT molecular complexity index is 778. The molecule has 8 nitrogen and oxygen atoms in total. The molecule has 1 heterocycles. The van der Waals surface area contributed by atoms with E-state index in [1.54, 1.807) is 12.1 Å². The second-order valence-corrected chi connectivity index (χ2v) is 7.43. The van der Waals surface area contributed by atoms with E-state index in [9.17, 15) is 19.2 Å². The Morgan fingerprint density at radius 3 is 2.54 bits per heavy atom. The third kappa shape index (κ3) is 4.00. The van der Waals surface area contributed by atoms with Gasteiger partial charge in [-0.3, -0.25) is 19.3 Å². The highest BCUT2D eigenvalue weighted by Crippen LogP contribution is 2.33. The molecule has 1 atom stereocenters. The van der Waals surface area contributed by atoms with Crippen LogP contribution in [0.5, 0.6) is 0 Å². The zero-order chi connectivity index (χ0) is 20.3. The first-order valence-electron chi connectivity index (χ1n) is 9.60. The maximum absolute atomic E-state index is 13.2. The molecule has 2 aliphatic rings. The van der Waals surface area contributed by atoms with E-state index in [1.807, 2.05) is 25.1 Å². The molecule has 0 bridgehead atoms. The van der Waals surface area contributed by atoms with Crippen LogP contribution in [0, 0.1) is 0 Å². The SMILES string of the molecule is CCC[C@]1(c2ccccc2)NC(=O)N(CC(=O)N(C)CC(=O)NC2CC2)C1=O. The molecule has 0 unspecified atom stereocenters. The zero-order valence-corrected chi connectivity index (χ0v) is 16.2. The van der Waals surface area contributed by atoms with Crippen molar-refractivity contribution in [1.29, 1.82) is 0 Å². The first kappa shape index (κ1) is 19.9. The van der Waals surface area contributed by atoms with Gasteiger partial charge in [0, 0.05) is 13.1 Å². The summed E-state index contributed by atoms with van der Waals surface area (Å²) in [5, 5.41) is 5.60. The van der Waals surface area contributed by atoms with Crippen LogP contribution in [-0.2, 0) is 19.9 Å². The number of carbonyl (C=O) groups excluding carboxylic acids is 4. The monoisotopic (exact) mass is 386 g/mol. The molecular formula is C20H26N4O4. The molecule has 1 aromatic carbocycles. The summed E-state index contributed by atoms with van der Waals surface area (Å²) in [7, 11) is 1.49. The first-order chi connectivity index (χ1) is 13.4. The Balaban J connectivity index is 1.70. The second kappa shape index (κ2) is 8.00. The third-order valence-electron chi connectivity index (χ3n) is 5.11. The van der Waals surface area contributed by atoms with Crippen LogP contribution in [-0.4, -0.2) is 59.7 Å². The molecule has 8 heteroatoms. The largest absolute Gasteiger partial charge is 0.352 e. The molecule has 2 N–H and O–H groups in total. The molecule has 1 aliphatic heterocycles. The number of likely N-dealkylation sites (N-methyl/N-ethyl adjacent to an activating group) is 1. The van der Waals surface area contributed by atoms with E-state index in [-0.39, 0.29) is 18.5 Å². The lowest BCUT2D eigenvalue weighted by Crippen LogP contribution is -2.46. The van der Waals surface area contributed by atoms with Gasteiger partial charge >= 0.3 is 6.03 Å². The molecule has 1 aromatic rings. The minimum atomic E-state index is -1.16. The van der Waals surface area contributed by atoms with E-state index in [2.05, 4.69) is 10.6 Å². The highest BCUT2D eigenvalue weighted by Gasteiger charge is 2.52. The Kier molecular flexibility index (Phi) is 5.67. The number of carbonyl (C=O) groups is 4. The van der Waals surface area contributed by atoms with Crippen LogP contribution in [0.15, 0.2) is 30.3 Å². The average Bonchev–Trinajstić information content (AvgIpc) is 3.45. The fraction of sp³-hybridized carbons (Fsp3) is 0.500. The fourth-order valence-corrected chi connectivity index (χ4v) is 3.44. The van der Waals surface area contributed by atoms with Crippen molar-refractivity contribution in [3.63, 3.8) is 0 Å². The summed E-state index contributed by atoms with van der Waals surface area (Å²) >= 11 is 0. The molecule has 0 radical (unpaired) electrons. The minimum Gasteiger partial charge on any atom is -0.352 e. The summed E-state index contributed by atoms with van der Waals surface area (Å²) in [4.78, 5) is 52.2. The summed E-state index contributed by atoms with van der Waals surface area (Å²) in [6, 6.07) is 8.68. The highest BCUT2D eigenvalue weighted by molar-refractivity contribution is 6.09. The second-order valence-electron chi connectivity index (χ2n) is 7.43. The number of nitrogens with one attached hydrogen (secondary N) is 2. The maximum atomic E-state index is 13.2. The van der Waals surface area contributed by atoms with E-state index in [4.69, 9.17) is 0 Å². The molecule has 0 spiro atoms.